The maximum Gasteiger partial charge on any atom is 0.0780 e. The summed E-state index contributed by atoms with van der Waals surface area (Å²) in [5.41, 5.74) is 20.1. The van der Waals surface area contributed by atoms with Crippen LogP contribution in [0.2, 0.25) is 0 Å². The minimum Gasteiger partial charge on any atom is -0.399 e. The number of fused-ring (bicyclic) bond motifs is 2. The molecule has 0 bridgehead atoms. The fourth-order valence-corrected chi connectivity index (χ4v) is 6.13. The molecule has 5 N–H and O–H groups in total. The summed E-state index contributed by atoms with van der Waals surface area (Å²) in [6.45, 7) is 1.86. The number of aromatic amines is 2. The summed E-state index contributed by atoms with van der Waals surface area (Å²) in [5.74, 6) is 0. The van der Waals surface area contributed by atoms with Gasteiger partial charge in [0.2, 0.25) is 0 Å². The van der Waals surface area contributed by atoms with E-state index in [0.29, 0.717) is 0 Å². The SMILES string of the molecule is Cc1cc(-c2ncc(-c3ccc(-c4ncccc4-c4ccc5[nH]ncc5c4)cc3CO)cc2-c2ccc3[nH]ncc3c2)ccc1N. The molecule has 0 aliphatic rings. The second-order valence-electron chi connectivity index (χ2n) is 11.5. The highest BCUT2D eigenvalue weighted by Crippen LogP contribution is 2.39. The molecule has 0 atom stereocenters. The molecule has 46 heavy (non-hydrogen) atoms. The van der Waals surface area contributed by atoms with Gasteiger partial charge in [-0.25, -0.2) is 0 Å². The van der Waals surface area contributed by atoms with Crippen molar-refractivity contribution in [3.05, 3.63) is 127 Å². The fraction of sp³-hybridized carbons (Fsp3) is 0.0526. The normalized spacial score (nSPS) is 11.4. The third-order valence-electron chi connectivity index (χ3n) is 8.60. The van der Waals surface area contributed by atoms with Gasteiger partial charge in [-0.1, -0.05) is 36.4 Å². The molecular formula is C38H29N7O. The first-order chi connectivity index (χ1) is 22.6. The van der Waals surface area contributed by atoms with Gasteiger partial charge in [0.1, 0.15) is 0 Å². The number of nitrogens with one attached hydrogen (secondary N) is 2. The van der Waals surface area contributed by atoms with Crippen molar-refractivity contribution in [1.29, 1.82) is 0 Å². The third-order valence-corrected chi connectivity index (χ3v) is 8.60. The molecule has 0 radical (unpaired) electrons. The monoisotopic (exact) mass is 599 g/mol. The summed E-state index contributed by atoms with van der Waals surface area (Å²) in [6, 6.07) is 30.7. The van der Waals surface area contributed by atoms with Crippen LogP contribution in [0.3, 0.4) is 0 Å². The standard InChI is InChI=1S/C38H29N7O/c1-22-13-25(5-9-34(22)39)38-33(24-7-11-36-29(15-24)20-43-45-36)17-27(18-41-38)31-8-4-26(16-30(31)21-46)37-32(3-2-12-40-37)23-6-10-35-28(14-23)19-42-44-35/h2-20,46H,21,39H2,1H3,(H,42,44)(H,43,45). The first-order valence-electron chi connectivity index (χ1n) is 15.0. The van der Waals surface area contributed by atoms with Crippen LogP contribution in [0.5, 0.6) is 0 Å². The molecule has 0 aliphatic heterocycles. The topological polar surface area (TPSA) is 129 Å². The minimum atomic E-state index is -0.137. The first-order valence-corrected chi connectivity index (χ1v) is 15.0. The number of hydrogen-bond donors (Lipinski definition) is 4. The average molecular weight is 600 g/mol. The van der Waals surface area contributed by atoms with Crippen LogP contribution in [0.1, 0.15) is 11.1 Å². The molecule has 4 aromatic carbocycles. The van der Waals surface area contributed by atoms with E-state index in [1.54, 1.807) is 6.20 Å². The van der Waals surface area contributed by atoms with Crippen LogP contribution in [-0.4, -0.2) is 35.5 Å². The molecule has 4 aromatic heterocycles. The highest BCUT2D eigenvalue weighted by atomic mass is 16.3. The lowest BCUT2D eigenvalue weighted by Crippen LogP contribution is -1.97. The van der Waals surface area contributed by atoms with Gasteiger partial charge in [-0.15, -0.1) is 0 Å². The molecule has 8 aromatic rings. The van der Waals surface area contributed by atoms with Gasteiger partial charge in [0.05, 0.1) is 41.4 Å². The molecule has 8 heteroatoms. The Labute approximate surface area is 264 Å². The van der Waals surface area contributed by atoms with Crippen LogP contribution < -0.4 is 5.73 Å². The van der Waals surface area contributed by atoms with Gasteiger partial charge in [0, 0.05) is 56.7 Å². The lowest BCUT2D eigenvalue weighted by atomic mass is 9.91. The highest BCUT2D eigenvalue weighted by molar-refractivity contribution is 5.92. The number of pyridine rings is 2. The van der Waals surface area contributed by atoms with E-state index in [1.165, 1.54) is 0 Å². The van der Waals surface area contributed by atoms with E-state index in [2.05, 4.69) is 68.9 Å². The van der Waals surface area contributed by atoms with Crippen LogP contribution in [-0.2, 0) is 6.61 Å². The number of anilines is 1. The lowest BCUT2D eigenvalue weighted by molar-refractivity contribution is 0.282. The van der Waals surface area contributed by atoms with E-state index in [4.69, 9.17) is 15.7 Å². The Hall–Kier alpha value is -6.12. The zero-order chi connectivity index (χ0) is 31.2. The van der Waals surface area contributed by atoms with Crippen LogP contribution in [0.25, 0.3) is 77.7 Å². The molecule has 222 valence electrons. The highest BCUT2D eigenvalue weighted by Gasteiger charge is 2.17. The third kappa shape index (κ3) is 4.77. The molecule has 0 amide bonds. The number of nitrogen functional groups attached to an aromatic ring is 1. The van der Waals surface area contributed by atoms with E-state index in [0.717, 1.165) is 94.5 Å². The van der Waals surface area contributed by atoms with Gasteiger partial charge in [0.25, 0.3) is 0 Å². The number of aliphatic hydroxyl groups is 1. The van der Waals surface area contributed by atoms with Crippen molar-refractivity contribution in [2.24, 2.45) is 0 Å². The van der Waals surface area contributed by atoms with Crippen molar-refractivity contribution < 1.29 is 5.11 Å². The Bertz CT molecular complexity index is 2410. The van der Waals surface area contributed by atoms with E-state index in [1.807, 2.05) is 68.0 Å². The summed E-state index contributed by atoms with van der Waals surface area (Å²) in [6.07, 6.45) is 7.32. The molecule has 8 rings (SSSR count). The zero-order valence-corrected chi connectivity index (χ0v) is 25.0. The molecule has 8 nitrogen and oxygen atoms in total. The number of hydrogen-bond acceptors (Lipinski definition) is 6. The Kier molecular flexibility index (Phi) is 6.62. The predicted molar refractivity (Wildman–Crippen MR) is 184 cm³/mol. The summed E-state index contributed by atoms with van der Waals surface area (Å²) >= 11 is 0. The van der Waals surface area contributed by atoms with Crippen molar-refractivity contribution in [2.75, 3.05) is 5.73 Å². The van der Waals surface area contributed by atoms with Gasteiger partial charge in [-0.3, -0.25) is 20.2 Å². The van der Waals surface area contributed by atoms with Crippen LogP contribution in [0, 0.1) is 6.92 Å². The van der Waals surface area contributed by atoms with Gasteiger partial charge >= 0.3 is 0 Å². The second-order valence-corrected chi connectivity index (χ2v) is 11.5. The molecule has 0 saturated carbocycles. The number of benzene rings is 4. The summed E-state index contributed by atoms with van der Waals surface area (Å²) < 4.78 is 0. The maximum atomic E-state index is 10.6. The van der Waals surface area contributed by atoms with Crippen LogP contribution >= 0.6 is 0 Å². The van der Waals surface area contributed by atoms with Crippen LogP contribution in [0.4, 0.5) is 5.69 Å². The molecular weight excluding hydrogens is 570 g/mol. The summed E-state index contributed by atoms with van der Waals surface area (Å²) in [7, 11) is 0. The maximum absolute atomic E-state index is 10.6. The molecule has 0 saturated heterocycles. The minimum absolute atomic E-state index is 0.137. The molecule has 0 spiro atoms. The number of aliphatic hydroxyl groups excluding tert-OH is 1. The molecule has 0 fully saturated rings. The van der Waals surface area contributed by atoms with E-state index in [-0.39, 0.29) is 6.61 Å². The number of rotatable bonds is 6. The predicted octanol–water partition coefficient (Wildman–Crippen LogP) is 7.95. The number of nitrogens with two attached hydrogens (primary N) is 1. The fourth-order valence-electron chi connectivity index (χ4n) is 6.13. The van der Waals surface area contributed by atoms with Crippen molar-refractivity contribution in [3.63, 3.8) is 0 Å². The van der Waals surface area contributed by atoms with Crippen molar-refractivity contribution in [1.82, 2.24) is 30.4 Å². The smallest absolute Gasteiger partial charge is 0.0780 e. The average Bonchev–Trinajstić information content (AvgIpc) is 3.78. The number of nitrogens with zero attached hydrogens (tertiary/aromatic N) is 4. The van der Waals surface area contributed by atoms with Crippen LogP contribution in [0.15, 0.2) is 116 Å². The number of aromatic nitrogens is 6. The first kappa shape index (κ1) is 27.4. The van der Waals surface area contributed by atoms with Crippen molar-refractivity contribution in [3.8, 4) is 55.9 Å². The largest absolute Gasteiger partial charge is 0.399 e. The second kappa shape index (κ2) is 11.1. The van der Waals surface area contributed by atoms with E-state index < -0.39 is 0 Å². The molecule has 0 aliphatic carbocycles. The Balaban J connectivity index is 1.25. The van der Waals surface area contributed by atoms with Gasteiger partial charge in [0.15, 0.2) is 0 Å². The molecule has 4 heterocycles. The summed E-state index contributed by atoms with van der Waals surface area (Å²) in [4.78, 5) is 9.77. The Morgan fingerprint density at radius 3 is 1.98 bits per heavy atom. The number of aryl methyl sites for hydroxylation is 1. The van der Waals surface area contributed by atoms with Crippen molar-refractivity contribution in [2.45, 2.75) is 13.5 Å². The van der Waals surface area contributed by atoms with E-state index >= 15 is 0 Å². The van der Waals surface area contributed by atoms with Crippen molar-refractivity contribution >= 4 is 27.5 Å². The van der Waals surface area contributed by atoms with Gasteiger partial charge < -0.3 is 10.8 Å². The lowest BCUT2D eigenvalue weighted by Gasteiger charge is -2.16. The summed E-state index contributed by atoms with van der Waals surface area (Å²) in [5, 5.41) is 27.1. The quantitative estimate of drug-likeness (QED) is 0.144. The Morgan fingerprint density at radius 1 is 0.609 bits per heavy atom. The van der Waals surface area contributed by atoms with Gasteiger partial charge in [-0.05, 0) is 89.3 Å². The zero-order valence-electron chi connectivity index (χ0n) is 25.0. The van der Waals surface area contributed by atoms with Gasteiger partial charge in [-0.2, -0.15) is 10.2 Å². The van der Waals surface area contributed by atoms with E-state index in [9.17, 15) is 5.11 Å². The number of H-pyrrole nitrogens is 2. The molecule has 0 unspecified atom stereocenters. The Morgan fingerprint density at radius 2 is 1.26 bits per heavy atom.